The lowest BCUT2D eigenvalue weighted by Gasteiger charge is -2.31. The standard InChI is InChI=1S/C16H29N3O2/c1-12-11-13(17)5-6-14(12)16(21)18-8-7-15(20)19-9-3-2-4-10-19/h12-14H,2-11,17H2,1H3,(H,18,21). The average molecular weight is 295 g/mol. The van der Waals surface area contributed by atoms with E-state index in [2.05, 4.69) is 12.2 Å². The van der Waals surface area contributed by atoms with Crippen LogP contribution in [0.3, 0.4) is 0 Å². The Morgan fingerprint density at radius 3 is 2.57 bits per heavy atom. The third kappa shape index (κ3) is 4.70. The van der Waals surface area contributed by atoms with Gasteiger partial charge in [0.25, 0.3) is 0 Å². The van der Waals surface area contributed by atoms with Crippen molar-refractivity contribution in [3.63, 3.8) is 0 Å². The normalized spacial score (nSPS) is 30.0. The molecule has 1 heterocycles. The number of nitrogens with zero attached hydrogens (tertiary/aromatic N) is 1. The van der Waals surface area contributed by atoms with Crippen molar-refractivity contribution >= 4 is 11.8 Å². The van der Waals surface area contributed by atoms with Gasteiger partial charge in [0.1, 0.15) is 0 Å². The van der Waals surface area contributed by atoms with E-state index in [0.29, 0.717) is 18.9 Å². The number of nitrogens with two attached hydrogens (primary N) is 1. The highest BCUT2D eigenvalue weighted by Gasteiger charge is 2.30. The Hall–Kier alpha value is -1.10. The van der Waals surface area contributed by atoms with Crippen molar-refractivity contribution in [3.05, 3.63) is 0 Å². The van der Waals surface area contributed by atoms with E-state index in [4.69, 9.17) is 5.73 Å². The second-order valence-electron chi connectivity index (χ2n) is 6.64. The van der Waals surface area contributed by atoms with Gasteiger partial charge in [-0.05, 0) is 44.4 Å². The molecule has 1 aliphatic heterocycles. The van der Waals surface area contributed by atoms with Crippen LogP contribution in [0.2, 0.25) is 0 Å². The lowest BCUT2D eigenvalue weighted by Crippen LogP contribution is -2.42. The molecule has 1 aliphatic carbocycles. The van der Waals surface area contributed by atoms with Gasteiger partial charge in [0.15, 0.2) is 0 Å². The first kappa shape index (κ1) is 16.3. The summed E-state index contributed by atoms with van der Waals surface area (Å²) in [7, 11) is 0. The first-order chi connectivity index (χ1) is 10.1. The SMILES string of the molecule is CC1CC(N)CCC1C(=O)NCCC(=O)N1CCCCC1. The van der Waals surface area contributed by atoms with Crippen molar-refractivity contribution in [1.29, 1.82) is 0 Å². The van der Waals surface area contributed by atoms with Crippen LogP contribution in [0, 0.1) is 11.8 Å². The van der Waals surface area contributed by atoms with Crippen molar-refractivity contribution in [2.24, 2.45) is 17.6 Å². The molecule has 21 heavy (non-hydrogen) atoms. The van der Waals surface area contributed by atoms with Crippen LogP contribution >= 0.6 is 0 Å². The minimum atomic E-state index is 0.0647. The van der Waals surface area contributed by atoms with Crippen molar-refractivity contribution in [1.82, 2.24) is 10.2 Å². The molecule has 120 valence electrons. The molecule has 1 saturated heterocycles. The molecule has 0 spiro atoms. The molecule has 1 saturated carbocycles. The molecule has 2 aliphatic rings. The highest BCUT2D eigenvalue weighted by Crippen LogP contribution is 2.29. The molecule has 3 N–H and O–H groups in total. The Kier molecular flexibility index (Phi) is 6.03. The maximum Gasteiger partial charge on any atom is 0.224 e. The molecule has 2 fully saturated rings. The van der Waals surface area contributed by atoms with Gasteiger partial charge in [0.05, 0.1) is 0 Å². The van der Waals surface area contributed by atoms with Crippen molar-refractivity contribution in [2.45, 2.75) is 57.9 Å². The summed E-state index contributed by atoms with van der Waals surface area (Å²) >= 11 is 0. The van der Waals surface area contributed by atoms with Gasteiger partial charge in [0.2, 0.25) is 11.8 Å². The van der Waals surface area contributed by atoms with E-state index < -0.39 is 0 Å². The molecule has 2 amide bonds. The number of hydrogen-bond acceptors (Lipinski definition) is 3. The molecular weight excluding hydrogens is 266 g/mol. The van der Waals surface area contributed by atoms with Gasteiger partial charge < -0.3 is 16.0 Å². The fourth-order valence-electron chi connectivity index (χ4n) is 3.55. The van der Waals surface area contributed by atoms with Gasteiger partial charge in [-0.3, -0.25) is 9.59 Å². The van der Waals surface area contributed by atoms with Gasteiger partial charge in [-0.2, -0.15) is 0 Å². The Labute approximate surface area is 127 Å². The Bertz CT molecular complexity index is 367. The molecule has 0 aromatic heterocycles. The minimum Gasteiger partial charge on any atom is -0.355 e. The summed E-state index contributed by atoms with van der Waals surface area (Å²) in [5.74, 6) is 0.677. The van der Waals surface area contributed by atoms with Crippen LogP contribution in [0.5, 0.6) is 0 Å². The Morgan fingerprint density at radius 2 is 1.90 bits per heavy atom. The fourth-order valence-corrected chi connectivity index (χ4v) is 3.55. The monoisotopic (exact) mass is 295 g/mol. The highest BCUT2D eigenvalue weighted by atomic mass is 16.2. The molecule has 0 aromatic carbocycles. The number of hydrogen-bond donors (Lipinski definition) is 2. The summed E-state index contributed by atoms with van der Waals surface area (Å²) in [5.41, 5.74) is 5.93. The van der Waals surface area contributed by atoms with Crippen LogP contribution in [0.15, 0.2) is 0 Å². The summed E-state index contributed by atoms with van der Waals surface area (Å²) < 4.78 is 0. The van der Waals surface area contributed by atoms with Gasteiger partial charge >= 0.3 is 0 Å². The molecule has 5 heteroatoms. The van der Waals surface area contributed by atoms with Gasteiger partial charge in [-0.15, -0.1) is 0 Å². The highest BCUT2D eigenvalue weighted by molar-refractivity contribution is 5.80. The zero-order chi connectivity index (χ0) is 15.2. The predicted octanol–water partition coefficient (Wildman–Crippen LogP) is 1.27. The van der Waals surface area contributed by atoms with E-state index in [9.17, 15) is 9.59 Å². The zero-order valence-corrected chi connectivity index (χ0v) is 13.1. The van der Waals surface area contributed by atoms with E-state index in [1.807, 2.05) is 4.90 Å². The number of carbonyl (C=O) groups excluding carboxylic acids is 2. The van der Waals surface area contributed by atoms with Crippen molar-refractivity contribution in [2.75, 3.05) is 19.6 Å². The number of piperidine rings is 1. The first-order valence-corrected chi connectivity index (χ1v) is 8.39. The van der Waals surface area contributed by atoms with Gasteiger partial charge in [-0.25, -0.2) is 0 Å². The maximum atomic E-state index is 12.2. The third-order valence-electron chi connectivity index (χ3n) is 4.89. The summed E-state index contributed by atoms with van der Waals surface area (Å²) in [6, 6.07) is 0.240. The number of amides is 2. The first-order valence-electron chi connectivity index (χ1n) is 8.39. The van der Waals surface area contributed by atoms with E-state index in [-0.39, 0.29) is 23.8 Å². The van der Waals surface area contributed by atoms with Crippen LogP contribution in [-0.4, -0.2) is 42.4 Å². The topological polar surface area (TPSA) is 75.4 Å². The maximum absolute atomic E-state index is 12.2. The number of rotatable bonds is 4. The van der Waals surface area contributed by atoms with E-state index in [0.717, 1.165) is 45.2 Å². The van der Waals surface area contributed by atoms with Crippen molar-refractivity contribution < 1.29 is 9.59 Å². The van der Waals surface area contributed by atoms with Gasteiger partial charge in [0, 0.05) is 38.0 Å². The average Bonchev–Trinajstić information content (AvgIpc) is 2.47. The molecule has 2 rings (SSSR count). The fraction of sp³-hybridized carbons (Fsp3) is 0.875. The summed E-state index contributed by atoms with van der Waals surface area (Å²) in [5, 5.41) is 2.94. The van der Waals surface area contributed by atoms with E-state index in [1.165, 1.54) is 6.42 Å². The zero-order valence-electron chi connectivity index (χ0n) is 13.1. The van der Waals surface area contributed by atoms with Crippen molar-refractivity contribution in [3.8, 4) is 0 Å². The number of nitrogens with one attached hydrogen (secondary N) is 1. The molecule has 0 bridgehead atoms. The molecular formula is C16H29N3O2. The molecule has 5 nitrogen and oxygen atoms in total. The van der Waals surface area contributed by atoms with Crippen LogP contribution in [0.4, 0.5) is 0 Å². The lowest BCUT2D eigenvalue weighted by molar-refractivity contribution is -0.132. The van der Waals surface area contributed by atoms with Crippen LogP contribution in [-0.2, 0) is 9.59 Å². The quantitative estimate of drug-likeness (QED) is 0.820. The Balaban J connectivity index is 1.68. The van der Waals surface area contributed by atoms with Gasteiger partial charge in [-0.1, -0.05) is 6.92 Å². The third-order valence-corrected chi connectivity index (χ3v) is 4.89. The number of carbonyl (C=O) groups is 2. The lowest BCUT2D eigenvalue weighted by atomic mass is 9.78. The molecule has 0 aromatic rings. The Morgan fingerprint density at radius 1 is 1.19 bits per heavy atom. The summed E-state index contributed by atoms with van der Waals surface area (Å²) in [6.07, 6.45) is 6.58. The molecule has 0 radical (unpaired) electrons. The van der Waals surface area contributed by atoms with Crippen LogP contribution in [0.25, 0.3) is 0 Å². The summed E-state index contributed by atoms with van der Waals surface area (Å²) in [6.45, 7) is 4.32. The number of likely N-dealkylation sites (tertiary alicyclic amines) is 1. The minimum absolute atomic E-state index is 0.0647. The van der Waals surface area contributed by atoms with Crippen LogP contribution in [0.1, 0.15) is 51.9 Å². The second-order valence-corrected chi connectivity index (χ2v) is 6.64. The van der Waals surface area contributed by atoms with Crippen LogP contribution < -0.4 is 11.1 Å². The second kappa shape index (κ2) is 7.78. The smallest absolute Gasteiger partial charge is 0.224 e. The molecule has 3 unspecified atom stereocenters. The predicted molar refractivity (Wildman–Crippen MR) is 82.5 cm³/mol. The largest absolute Gasteiger partial charge is 0.355 e. The van der Waals surface area contributed by atoms with E-state index in [1.54, 1.807) is 0 Å². The van der Waals surface area contributed by atoms with E-state index >= 15 is 0 Å². The molecule has 3 atom stereocenters. The summed E-state index contributed by atoms with van der Waals surface area (Å²) in [4.78, 5) is 26.1.